The van der Waals surface area contributed by atoms with Crippen LogP contribution in [0.25, 0.3) is 0 Å². The van der Waals surface area contributed by atoms with Gasteiger partial charge in [0.05, 0.1) is 6.67 Å². The molecule has 0 radical (unpaired) electrons. The molecule has 0 amide bonds. The number of rotatable bonds is 6. The first-order chi connectivity index (χ1) is 11.7. The van der Waals surface area contributed by atoms with E-state index in [9.17, 15) is 5.11 Å². The Bertz CT molecular complexity index is 705. The number of aliphatic hydroxyl groups excluding tert-OH is 1. The van der Waals surface area contributed by atoms with E-state index in [1.54, 1.807) is 0 Å². The Labute approximate surface area is 147 Å². The van der Waals surface area contributed by atoms with Gasteiger partial charge in [-0.1, -0.05) is 6.92 Å². The Morgan fingerprint density at radius 1 is 1.17 bits per heavy atom. The highest BCUT2D eigenvalue weighted by molar-refractivity contribution is 7.71. The zero-order chi connectivity index (χ0) is 16.9. The van der Waals surface area contributed by atoms with Crippen LogP contribution < -0.4 is 4.90 Å². The minimum absolute atomic E-state index is 0.0769. The standard InChI is InChI=1S/C16H24N6OS/c1-2-7-21-15(12-23)18-22(16(21)24)13-19-8-10-20(11-9-19)14-3-5-17-6-4-14/h3-6,23H,2,7-13H2,1H3. The number of aromatic nitrogens is 4. The maximum absolute atomic E-state index is 9.48. The lowest BCUT2D eigenvalue weighted by atomic mass is 10.3. The number of anilines is 1. The molecule has 0 saturated carbocycles. The second-order valence-corrected chi connectivity index (χ2v) is 6.33. The van der Waals surface area contributed by atoms with E-state index in [1.165, 1.54) is 5.69 Å². The molecule has 24 heavy (non-hydrogen) atoms. The van der Waals surface area contributed by atoms with Crippen molar-refractivity contribution >= 4 is 17.9 Å². The number of pyridine rings is 1. The smallest absolute Gasteiger partial charge is 0.199 e. The maximum Gasteiger partial charge on any atom is 0.199 e. The summed E-state index contributed by atoms with van der Waals surface area (Å²) < 4.78 is 4.46. The third-order valence-electron chi connectivity index (χ3n) is 4.32. The van der Waals surface area contributed by atoms with Crippen molar-refractivity contribution in [3.8, 4) is 0 Å². The molecule has 2 aromatic rings. The SMILES string of the molecule is CCCn1c(CO)nn(CN2CCN(c3ccncc3)CC2)c1=S. The Kier molecular flexibility index (Phi) is 5.60. The first-order valence-electron chi connectivity index (χ1n) is 8.37. The highest BCUT2D eigenvalue weighted by Crippen LogP contribution is 2.15. The van der Waals surface area contributed by atoms with Crippen LogP contribution in [-0.2, 0) is 19.8 Å². The van der Waals surface area contributed by atoms with E-state index in [0.717, 1.165) is 39.1 Å². The normalized spacial score (nSPS) is 15.8. The van der Waals surface area contributed by atoms with Gasteiger partial charge in [0.25, 0.3) is 0 Å². The topological polar surface area (TPSA) is 62.4 Å². The van der Waals surface area contributed by atoms with Crippen LogP contribution in [0.3, 0.4) is 0 Å². The second-order valence-electron chi connectivity index (χ2n) is 5.96. The van der Waals surface area contributed by atoms with Crippen molar-refractivity contribution in [3.05, 3.63) is 35.1 Å². The number of aliphatic hydroxyl groups is 1. The van der Waals surface area contributed by atoms with E-state index in [4.69, 9.17) is 12.2 Å². The molecule has 0 aliphatic carbocycles. The molecule has 0 aromatic carbocycles. The van der Waals surface area contributed by atoms with Gasteiger partial charge < -0.3 is 14.6 Å². The van der Waals surface area contributed by atoms with Crippen LogP contribution in [-0.4, -0.2) is 55.5 Å². The number of nitrogens with zero attached hydrogens (tertiary/aromatic N) is 6. The Morgan fingerprint density at radius 3 is 2.50 bits per heavy atom. The first-order valence-corrected chi connectivity index (χ1v) is 8.78. The average Bonchev–Trinajstić information content (AvgIpc) is 2.92. The number of hydrogen-bond donors (Lipinski definition) is 1. The lowest BCUT2D eigenvalue weighted by Crippen LogP contribution is -2.47. The summed E-state index contributed by atoms with van der Waals surface area (Å²) in [5.74, 6) is 0.650. The summed E-state index contributed by atoms with van der Waals surface area (Å²) in [6.45, 7) is 7.35. The van der Waals surface area contributed by atoms with Crippen LogP contribution in [0.4, 0.5) is 5.69 Å². The molecule has 130 valence electrons. The van der Waals surface area contributed by atoms with Gasteiger partial charge in [-0.25, -0.2) is 4.68 Å². The van der Waals surface area contributed by atoms with Gasteiger partial charge in [-0.15, -0.1) is 0 Å². The van der Waals surface area contributed by atoms with Gasteiger partial charge >= 0.3 is 0 Å². The molecule has 0 spiro atoms. The Hall–Kier alpha value is -1.77. The predicted octanol–water partition coefficient (Wildman–Crippen LogP) is 1.49. The van der Waals surface area contributed by atoms with Crippen LogP contribution in [0.1, 0.15) is 19.2 Å². The van der Waals surface area contributed by atoms with Crippen LogP contribution in [0, 0.1) is 4.77 Å². The van der Waals surface area contributed by atoms with Crippen molar-refractivity contribution in [3.63, 3.8) is 0 Å². The number of piperazine rings is 1. The van der Waals surface area contributed by atoms with Gasteiger partial charge in [-0.2, -0.15) is 5.10 Å². The van der Waals surface area contributed by atoms with Crippen molar-refractivity contribution in [2.75, 3.05) is 31.1 Å². The minimum atomic E-state index is -0.0769. The van der Waals surface area contributed by atoms with E-state index < -0.39 is 0 Å². The van der Waals surface area contributed by atoms with Crippen molar-refractivity contribution in [1.82, 2.24) is 24.2 Å². The fourth-order valence-electron chi connectivity index (χ4n) is 3.04. The molecule has 1 fully saturated rings. The van der Waals surface area contributed by atoms with Gasteiger partial charge in [-0.3, -0.25) is 9.88 Å². The van der Waals surface area contributed by atoms with E-state index in [1.807, 2.05) is 33.8 Å². The summed E-state index contributed by atoms with van der Waals surface area (Å²) in [7, 11) is 0. The molecule has 1 N–H and O–H groups in total. The van der Waals surface area contributed by atoms with Crippen LogP contribution in [0.2, 0.25) is 0 Å². The monoisotopic (exact) mass is 348 g/mol. The predicted molar refractivity (Wildman–Crippen MR) is 95.3 cm³/mol. The molecule has 0 bridgehead atoms. The number of hydrogen-bond acceptors (Lipinski definition) is 6. The zero-order valence-electron chi connectivity index (χ0n) is 14.0. The maximum atomic E-state index is 9.48. The highest BCUT2D eigenvalue weighted by Gasteiger charge is 2.19. The lowest BCUT2D eigenvalue weighted by molar-refractivity contribution is 0.192. The second kappa shape index (κ2) is 7.87. The van der Waals surface area contributed by atoms with E-state index in [0.29, 0.717) is 17.3 Å². The van der Waals surface area contributed by atoms with Crippen molar-refractivity contribution in [2.24, 2.45) is 0 Å². The van der Waals surface area contributed by atoms with E-state index in [-0.39, 0.29) is 6.61 Å². The van der Waals surface area contributed by atoms with Gasteiger partial charge in [0.1, 0.15) is 6.61 Å². The van der Waals surface area contributed by atoms with E-state index >= 15 is 0 Å². The van der Waals surface area contributed by atoms with Crippen LogP contribution in [0.15, 0.2) is 24.5 Å². The molecule has 1 aliphatic heterocycles. The molecule has 0 atom stereocenters. The average molecular weight is 348 g/mol. The summed E-state index contributed by atoms with van der Waals surface area (Å²) in [6, 6.07) is 4.09. The first kappa shape index (κ1) is 17.1. The molecule has 8 heteroatoms. The fourth-order valence-corrected chi connectivity index (χ4v) is 3.33. The molecule has 1 saturated heterocycles. The van der Waals surface area contributed by atoms with E-state index in [2.05, 4.69) is 26.8 Å². The molecule has 2 aromatic heterocycles. The van der Waals surface area contributed by atoms with Gasteiger partial charge in [0.2, 0.25) is 0 Å². The van der Waals surface area contributed by atoms with Gasteiger partial charge in [0.15, 0.2) is 10.6 Å². The third-order valence-corrected chi connectivity index (χ3v) is 4.75. The molecule has 7 nitrogen and oxygen atoms in total. The van der Waals surface area contributed by atoms with Crippen molar-refractivity contribution < 1.29 is 5.11 Å². The quantitative estimate of drug-likeness (QED) is 0.798. The molecule has 0 unspecified atom stereocenters. The molecular weight excluding hydrogens is 324 g/mol. The summed E-state index contributed by atoms with van der Waals surface area (Å²) in [6.07, 6.45) is 4.63. The summed E-state index contributed by atoms with van der Waals surface area (Å²) >= 11 is 5.52. The Balaban J connectivity index is 1.63. The largest absolute Gasteiger partial charge is 0.388 e. The van der Waals surface area contributed by atoms with Gasteiger partial charge in [-0.05, 0) is 30.8 Å². The summed E-state index contributed by atoms with van der Waals surface area (Å²) in [5, 5.41) is 14.0. The molecule has 3 rings (SSSR count). The Morgan fingerprint density at radius 2 is 1.88 bits per heavy atom. The third kappa shape index (κ3) is 3.66. The van der Waals surface area contributed by atoms with Crippen LogP contribution in [0.5, 0.6) is 0 Å². The zero-order valence-corrected chi connectivity index (χ0v) is 14.8. The minimum Gasteiger partial charge on any atom is -0.388 e. The van der Waals surface area contributed by atoms with Crippen molar-refractivity contribution in [2.45, 2.75) is 33.2 Å². The van der Waals surface area contributed by atoms with Crippen molar-refractivity contribution in [1.29, 1.82) is 0 Å². The molecule has 3 heterocycles. The molecule has 1 aliphatic rings. The van der Waals surface area contributed by atoms with Gasteiger partial charge in [0, 0.05) is 50.8 Å². The molecular formula is C16H24N6OS. The lowest BCUT2D eigenvalue weighted by Gasteiger charge is -2.35. The fraction of sp³-hybridized carbons (Fsp3) is 0.562. The van der Waals surface area contributed by atoms with Crippen LogP contribution >= 0.6 is 12.2 Å². The summed E-state index contributed by atoms with van der Waals surface area (Å²) in [4.78, 5) is 8.78. The highest BCUT2D eigenvalue weighted by atomic mass is 32.1. The summed E-state index contributed by atoms with van der Waals surface area (Å²) in [5.41, 5.74) is 1.22.